The summed E-state index contributed by atoms with van der Waals surface area (Å²) in [6.07, 6.45) is 1.32. The van der Waals surface area contributed by atoms with Crippen molar-refractivity contribution in [1.82, 2.24) is 4.90 Å². The monoisotopic (exact) mass is 470 g/mol. The van der Waals surface area contributed by atoms with Gasteiger partial charge < -0.3 is 15.0 Å². The number of aryl methyl sites for hydroxylation is 2. The van der Waals surface area contributed by atoms with Crippen LogP contribution in [0.4, 0.5) is 5.69 Å². The van der Waals surface area contributed by atoms with Crippen LogP contribution in [0.25, 0.3) is 0 Å². The van der Waals surface area contributed by atoms with Gasteiger partial charge in [0.15, 0.2) is 6.61 Å². The fourth-order valence-corrected chi connectivity index (χ4v) is 4.51. The molecule has 2 amide bonds. The first-order valence-corrected chi connectivity index (χ1v) is 12.3. The Morgan fingerprint density at radius 1 is 0.971 bits per heavy atom. The maximum absolute atomic E-state index is 13.2. The molecule has 0 saturated heterocycles. The van der Waals surface area contributed by atoms with Crippen molar-refractivity contribution in [2.75, 3.05) is 18.5 Å². The normalized spacial score (nSPS) is 15.0. The number of benzene rings is 3. The Balaban J connectivity index is 1.56. The van der Waals surface area contributed by atoms with Crippen molar-refractivity contribution in [1.29, 1.82) is 0 Å². The van der Waals surface area contributed by atoms with Crippen LogP contribution in [0.15, 0.2) is 66.7 Å². The molecule has 0 spiro atoms. The van der Waals surface area contributed by atoms with Gasteiger partial charge in [-0.25, -0.2) is 0 Å². The molecule has 1 aliphatic rings. The highest BCUT2D eigenvalue weighted by Gasteiger charge is 2.32. The Bertz CT molecular complexity index is 1180. The van der Waals surface area contributed by atoms with Gasteiger partial charge in [-0.2, -0.15) is 0 Å². The Kier molecular flexibility index (Phi) is 7.54. The Labute approximate surface area is 208 Å². The number of ether oxygens (including phenoxy) is 1. The summed E-state index contributed by atoms with van der Waals surface area (Å²) in [4.78, 5) is 27.6. The van der Waals surface area contributed by atoms with Crippen LogP contribution in [0.2, 0.25) is 0 Å². The molecule has 0 saturated carbocycles. The average molecular weight is 471 g/mol. The van der Waals surface area contributed by atoms with Gasteiger partial charge in [0.2, 0.25) is 5.91 Å². The summed E-state index contributed by atoms with van der Waals surface area (Å²) in [6.45, 7) is 8.82. The van der Waals surface area contributed by atoms with Crippen molar-refractivity contribution < 1.29 is 14.3 Å². The van der Waals surface area contributed by atoms with Crippen LogP contribution in [0.3, 0.4) is 0 Å². The largest absolute Gasteiger partial charge is 0.484 e. The van der Waals surface area contributed by atoms with Gasteiger partial charge in [0.1, 0.15) is 5.75 Å². The first-order valence-electron chi connectivity index (χ1n) is 12.3. The molecule has 35 heavy (non-hydrogen) atoms. The predicted octanol–water partition coefficient (Wildman–Crippen LogP) is 5.84. The number of anilines is 1. The number of carbonyl (C=O) groups excluding carboxylic acids is 2. The van der Waals surface area contributed by atoms with Crippen molar-refractivity contribution in [3.8, 4) is 5.75 Å². The highest BCUT2D eigenvalue weighted by molar-refractivity contribution is 5.91. The quantitative estimate of drug-likeness (QED) is 0.472. The van der Waals surface area contributed by atoms with E-state index in [0.29, 0.717) is 24.6 Å². The predicted molar refractivity (Wildman–Crippen MR) is 140 cm³/mol. The number of nitrogens with one attached hydrogen (secondary N) is 1. The number of hydrogen-bond acceptors (Lipinski definition) is 3. The number of nitrogens with zero attached hydrogens (tertiary/aromatic N) is 1. The van der Waals surface area contributed by atoms with Gasteiger partial charge in [-0.15, -0.1) is 0 Å². The van der Waals surface area contributed by atoms with Crippen molar-refractivity contribution in [2.45, 2.75) is 46.6 Å². The minimum absolute atomic E-state index is 0.0855. The van der Waals surface area contributed by atoms with Gasteiger partial charge in [-0.1, -0.05) is 67.4 Å². The van der Waals surface area contributed by atoms with E-state index < -0.39 is 0 Å². The molecule has 1 atom stereocenters. The van der Waals surface area contributed by atoms with Gasteiger partial charge in [-0.3, -0.25) is 9.59 Å². The SMILES string of the molecule is Cc1ccc(NC(=O)COc2ccc3c(c2)[C@@H](c2ccc(C)cc2)N(C(=O)CC(C)C)CC3)cc1. The molecule has 5 nitrogen and oxygen atoms in total. The molecule has 0 aromatic heterocycles. The molecule has 0 bridgehead atoms. The lowest BCUT2D eigenvalue weighted by Gasteiger charge is -2.38. The minimum Gasteiger partial charge on any atom is -0.484 e. The summed E-state index contributed by atoms with van der Waals surface area (Å²) in [5.74, 6) is 0.873. The third-order valence-electron chi connectivity index (χ3n) is 6.35. The Morgan fingerprint density at radius 2 is 1.63 bits per heavy atom. The van der Waals surface area contributed by atoms with E-state index in [1.54, 1.807) is 0 Å². The third-order valence-corrected chi connectivity index (χ3v) is 6.35. The lowest BCUT2D eigenvalue weighted by atomic mass is 9.87. The van der Waals surface area contributed by atoms with Crippen LogP contribution in [0.5, 0.6) is 5.75 Å². The zero-order valence-corrected chi connectivity index (χ0v) is 21.0. The fourth-order valence-electron chi connectivity index (χ4n) is 4.51. The summed E-state index contributed by atoms with van der Waals surface area (Å²) in [6, 6.07) is 21.8. The second-order valence-electron chi connectivity index (χ2n) is 9.81. The van der Waals surface area contributed by atoms with Crippen LogP contribution in [-0.4, -0.2) is 29.9 Å². The van der Waals surface area contributed by atoms with E-state index in [0.717, 1.165) is 28.8 Å². The maximum atomic E-state index is 13.2. The van der Waals surface area contributed by atoms with Crippen LogP contribution < -0.4 is 10.1 Å². The second kappa shape index (κ2) is 10.8. The molecule has 0 unspecified atom stereocenters. The molecule has 1 N–H and O–H groups in total. The van der Waals surface area contributed by atoms with Crippen LogP contribution >= 0.6 is 0 Å². The van der Waals surface area contributed by atoms with Gasteiger partial charge >= 0.3 is 0 Å². The van der Waals surface area contributed by atoms with E-state index >= 15 is 0 Å². The lowest BCUT2D eigenvalue weighted by Crippen LogP contribution is -2.41. The standard InChI is InChI=1S/C30H34N2O3/c1-20(2)17-29(34)32-16-15-23-11-14-26(18-27(23)30(32)24-9-5-21(3)6-10-24)35-19-28(33)31-25-12-7-22(4)8-13-25/h5-14,18,20,30H,15-17,19H2,1-4H3,(H,31,33)/t30-/m1/s1. The topological polar surface area (TPSA) is 58.6 Å². The summed E-state index contributed by atoms with van der Waals surface area (Å²) < 4.78 is 5.88. The molecule has 0 fully saturated rings. The van der Waals surface area contributed by atoms with Crippen LogP contribution in [0, 0.1) is 19.8 Å². The average Bonchev–Trinajstić information content (AvgIpc) is 2.83. The number of fused-ring (bicyclic) bond motifs is 1. The molecular formula is C30H34N2O3. The molecule has 0 aliphatic carbocycles. The maximum Gasteiger partial charge on any atom is 0.262 e. The number of hydrogen-bond donors (Lipinski definition) is 1. The molecule has 3 aromatic rings. The van der Waals surface area contributed by atoms with E-state index in [9.17, 15) is 9.59 Å². The van der Waals surface area contributed by atoms with E-state index in [2.05, 4.69) is 56.4 Å². The van der Waals surface area contributed by atoms with Crippen molar-refractivity contribution in [3.05, 3.63) is 94.5 Å². The van der Waals surface area contributed by atoms with Gasteiger partial charge in [0.05, 0.1) is 6.04 Å². The van der Waals surface area contributed by atoms with Crippen molar-refractivity contribution >= 4 is 17.5 Å². The van der Waals surface area contributed by atoms with Gasteiger partial charge in [-0.05, 0) is 67.1 Å². The first kappa shape index (κ1) is 24.5. The smallest absolute Gasteiger partial charge is 0.262 e. The van der Waals surface area contributed by atoms with E-state index in [4.69, 9.17) is 4.74 Å². The van der Waals surface area contributed by atoms with Crippen molar-refractivity contribution in [3.63, 3.8) is 0 Å². The summed E-state index contributed by atoms with van der Waals surface area (Å²) >= 11 is 0. The molecule has 1 aliphatic heterocycles. The van der Waals surface area contributed by atoms with Crippen LogP contribution in [-0.2, 0) is 16.0 Å². The first-order chi connectivity index (χ1) is 16.8. The lowest BCUT2D eigenvalue weighted by molar-refractivity contribution is -0.134. The molecule has 3 aromatic carbocycles. The van der Waals surface area contributed by atoms with Crippen molar-refractivity contribution in [2.24, 2.45) is 5.92 Å². The fraction of sp³-hybridized carbons (Fsp3) is 0.333. The van der Waals surface area contributed by atoms with Gasteiger partial charge in [0, 0.05) is 18.7 Å². The number of rotatable bonds is 7. The Hall–Kier alpha value is -3.60. The zero-order chi connectivity index (χ0) is 24.9. The van der Waals surface area contributed by atoms with E-state index in [1.807, 2.05) is 48.2 Å². The molecule has 182 valence electrons. The molecule has 5 heteroatoms. The summed E-state index contributed by atoms with van der Waals surface area (Å²) in [5.41, 5.74) is 6.42. The molecule has 0 radical (unpaired) electrons. The highest BCUT2D eigenvalue weighted by Crippen LogP contribution is 2.38. The third kappa shape index (κ3) is 6.10. The molecule has 4 rings (SSSR count). The molecular weight excluding hydrogens is 436 g/mol. The highest BCUT2D eigenvalue weighted by atomic mass is 16.5. The minimum atomic E-state index is -0.213. The summed E-state index contributed by atoms with van der Waals surface area (Å²) in [7, 11) is 0. The number of carbonyl (C=O) groups is 2. The summed E-state index contributed by atoms with van der Waals surface area (Å²) in [5, 5.41) is 2.86. The van der Waals surface area contributed by atoms with Gasteiger partial charge in [0.25, 0.3) is 5.91 Å². The van der Waals surface area contributed by atoms with E-state index in [-0.39, 0.29) is 24.5 Å². The number of amides is 2. The zero-order valence-electron chi connectivity index (χ0n) is 21.0. The molecule has 1 heterocycles. The van der Waals surface area contributed by atoms with Crippen LogP contribution in [0.1, 0.15) is 54.1 Å². The Morgan fingerprint density at radius 3 is 2.29 bits per heavy atom. The van der Waals surface area contributed by atoms with E-state index in [1.165, 1.54) is 11.1 Å². The second-order valence-corrected chi connectivity index (χ2v) is 9.81.